The number of hydrogen-bond acceptors (Lipinski definition) is 4. The van der Waals surface area contributed by atoms with Crippen molar-refractivity contribution in [3.8, 4) is 0 Å². The number of aromatic nitrogens is 1. The molecule has 1 atom stereocenters. The van der Waals surface area contributed by atoms with Crippen LogP contribution >= 0.6 is 0 Å². The lowest BCUT2D eigenvalue weighted by molar-refractivity contribution is 0.155. The first-order chi connectivity index (χ1) is 8.29. The normalized spacial score (nSPS) is 20.1. The Labute approximate surface area is 103 Å². The van der Waals surface area contributed by atoms with Crippen LogP contribution in [0.3, 0.4) is 0 Å². The molecule has 1 aliphatic heterocycles. The SMILES string of the molecule is CNCc1ccc(CN(C)C2CCOC2)nc1. The molecule has 1 aromatic heterocycles. The van der Waals surface area contributed by atoms with Gasteiger partial charge in [0, 0.05) is 31.9 Å². The highest BCUT2D eigenvalue weighted by molar-refractivity contribution is 5.13. The first-order valence-corrected chi connectivity index (χ1v) is 6.16. The van der Waals surface area contributed by atoms with Gasteiger partial charge in [-0.25, -0.2) is 0 Å². The molecule has 4 heteroatoms. The fourth-order valence-electron chi connectivity index (χ4n) is 2.11. The summed E-state index contributed by atoms with van der Waals surface area (Å²) in [5.74, 6) is 0. The Balaban J connectivity index is 1.89. The van der Waals surface area contributed by atoms with Crippen LogP contribution in [0, 0.1) is 0 Å². The number of hydrogen-bond donors (Lipinski definition) is 1. The molecule has 4 nitrogen and oxygen atoms in total. The molecule has 1 N–H and O–H groups in total. The molecule has 0 radical (unpaired) electrons. The Morgan fingerprint density at radius 3 is 3.00 bits per heavy atom. The molecule has 0 saturated carbocycles. The van der Waals surface area contributed by atoms with Gasteiger partial charge in [0.15, 0.2) is 0 Å². The van der Waals surface area contributed by atoms with E-state index in [1.807, 2.05) is 13.2 Å². The van der Waals surface area contributed by atoms with Gasteiger partial charge in [-0.15, -0.1) is 0 Å². The topological polar surface area (TPSA) is 37.4 Å². The van der Waals surface area contributed by atoms with Crippen LogP contribution < -0.4 is 5.32 Å². The Bertz CT molecular complexity index is 333. The van der Waals surface area contributed by atoms with Gasteiger partial charge >= 0.3 is 0 Å². The third-order valence-corrected chi connectivity index (χ3v) is 3.21. The first-order valence-electron chi connectivity index (χ1n) is 6.16. The zero-order valence-electron chi connectivity index (χ0n) is 10.6. The number of nitrogens with one attached hydrogen (secondary N) is 1. The summed E-state index contributed by atoms with van der Waals surface area (Å²) in [6.45, 7) is 3.52. The van der Waals surface area contributed by atoms with Crippen molar-refractivity contribution >= 4 is 0 Å². The molecule has 0 aromatic carbocycles. The van der Waals surface area contributed by atoms with Gasteiger partial charge < -0.3 is 10.1 Å². The molecule has 1 unspecified atom stereocenters. The number of rotatable bonds is 5. The Hall–Kier alpha value is -0.970. The standard InChI is InChI=1S/C13H21N3O/c1-14-7-11-3-4-12(15-8-11)9-16(2)13-5-6-17-10-13/h3-4,8,13-14H,5-7,9-10H2,1-2H3. The van der Waals surface area contributed by atoms with E-state index < -0.39 is 0 Å². The van der Waals surface area contributed by atoms with Gasteiger partial charge in [0.1, 0.15) is 0 Å². The lowest BCUT2D eigenvalue weighted by atomic mass is 10.2. The predicted molar refractivity (Wildman–Crippen MR) is 67.7 cm³/mol. The van der Waals surface area contributed by atoms with Gasteiger partial charge in [0.2, 0.25) is 0 Å². The Morgan fingerprint density at radius 2 is 2.41 bits per heavy atom. The van der Waals surface area contributed by atoms with Crippen LogP contribution in [0.1, 0.15) is 17.7 Å². The molecule has 17 heavy (non-hydrogen) atoms. The lowest BCUT2D eigenvalue weighted by Gasteiger charge is -2.22. The van der Waals surface area contributed by atoms with E-state index in [-0.39, 0.29) is 0 Å². The average Bonchev–Trinajstić information content (AvgIpc) is 2.86. The maximum atomic E-state index is 5.40. The van der Waals surface area contributed by atoms with E-state index in [1.165, 1.54) is 5.56 Å². The molecule has 1 aromatic rings. The van der Waals surface area contributed by atoms with E-state index in [0.29, 0.717) is 6.04 Å². The van der Waals surface area contributed by atoms with Crippen LogP contribution in [0.15, 0.2) is 18.3 Å². The van der Waals surface area contributed by atoms with Crippen molar-refractivity contribution in [1.29, 1.82) is 0 Å². The van der Waals surface area contributed by atoms with E-state index in [0.717, 1.165) is 38.4 Å². The minimum absolute atomic E-state index is 0.550. The molecular formula is C13H21N3O. The maximum Gasteiger partial charge on any atom is 0.0622 e. The first kappa shape index (κ1) is 12.5. The summed E-state index contributed by atoms with van der Waals surface area (Å²) in [6, 6.07) is 4.80. The van der Waals surface area contributed by atoms with Crippen LogP contribution in [0.4, 0.5) is 0 Å². The van der Waals surface area contributed by atoms with Crippen molar-refractivity contribution < 1.29 is 4.74 Å². The summed E-state index contributed by atoms with van der Waals surface area (Å²) in [6.07, 6.45) is 3.08. The largest absolute Gasteiger partial charge is 0.380 e. The van der Waals surface area contributed by atoms with E-state index in [1.54, 1.807) is 0 Å². The third-order valence-electron chi connectivity index (χ3n) is 3.21. The molecule has 1 saturated heterocycles. The van der Waals surface area contributed by atoms with Crippen LogP contribution in [0.25, 0.3) is 0 Å². The van der Waals surface area contributed by atoms with Crippen LogP contribution in [0.5, 0.6) is 0 Å². The maximum absolute atomic E-state index is 5.40. The molecule has 0 amide bonds. The van der Waals surface area contributed by atoms with Gasteiger partial charge in [-0.3, -0.25) is 9.88 Å². The Kier molecular flexibility index (Phi) is 4.48. The highest BCUT2D eigenvalue weighted by Crippen LogP contribution is 2.13. The molecule has 1 aliphatic rings. The van der Waals surface area contributed by atoms with E-state index in [9.17, 15) is 0 Å². The quantitative estimate of drug-likeness (QED) is 0.827. The van der Waals surface area contributed by atoms with Crippen molar-refractivity contribution in [1.82, 2.24) is 15.2 Å². The molecule has 2 rings (SSSR count). The smallest absolute Gasteiger partial charge is 0.0622 e. The van der Waals surface area contributed by atoms with Crippen molar-refractivity contribution in [3.63, 3.8) is 0 Å². The Morgan fingerprint density at radius 1 is 1.53 bits per heavy atom. The molecule has 94 valence electrons. The fraction of sp³-hybridized carbons (Fsp3) is 0.615. The molecule has 1 fully saturated rings. The number of likely N-dealkylation sites (N-methyl/N-ethyl adjacent to an activating group) is 1. The van der Waals surface area contributed by atoms with E-state index in [2.05, 4.69) is 34.4 Å². The molecule has 0 spiro atoms. The molecule has 0 aliphatic carbocycles. The van der Waals surface area contributed by atoms with Gasteiger partial charge in [-0.05, 0) is 32.1 Å². The van der Waals surface area contributed by atoms with Crippen LogP contribution in [-0.4, -0.2) is 43.2 Å². The van der Waals surface area contributed by atoms with Crippen molar-refractivity contribution in [3.05, 3.63) is 29.6 Å². The van der Waals surface area contributed by atoms with Gasteiger partial charge in [-0.2, -0.15) is 0 Å². The number of ether oxygens (including phenoxy) is 1. The number of pyridine rings is 1. The molecular weight excluding hydrogens is 214 g/mol. The summed E-state index contributed by atoms with van der Waals surface area (Å²) in [4.78, 5) is 6.81. The molecule has 2 heterocycles. The summed E-state index contributed by atoms with van der Waals surface area (Å²) >= 11 is 0. The zero-order valence-corrected chi connectivity index (χ0v) is 10.6. The minimum atomic E-state index is 0.550. The molecule has 0 bridgehead atoms. The zero-order chi connectivity index (χ0) is 12.1. The lowest BCUT2D eigenvalue weighted by Crippen LogP contribution is -2.31. The predicted octanol–water partition coefficient (Wildman–Crippen LogP) is 1.02. The van der Waals surface area contributed by atoms with Gasteiger partial charge in [0.25, 0.3) is 0 Å². The minimum Gasteiger partial charge on any atom is -0.380 e. The van der Waals surface area contributed by atoms with Crippen LogP contribution in [0.2, 0.25) is 0 Å². The summed E-state index contributed by atoms with van der Waals surface area (Å²) in [7, 11) is 4.09. The summed E-state index contributed by atoms with van der Waals surface area (Å²) in [5, 5.41) is 3.12. The van der Waals surface area contributed by atoms with Gasteiger partial charge in [-0.1, -0.05) is 6.07 Å². The van der Waals surface area contributed by atoms with Crippen LogP contribution in [-0.2, 0) is 17.8 Å². The highest BCUT2D eigenvalue weighted by Gasteiger charge is 2.20. The highest BCUT2D eigenvalue weighted by atomic mass is 16.5. The monoisotopic (exact) mass is 235 g/mol. The van der Waals surface area contributed by atoms with E-state index in [4.69, 9.17) is 4.74 Å². The second-order valence-electron chi connectivity index (χ2n) is 4.62. The number of nitrogens with zero attached hydrogens (tertiary/aromatic N) is 2. The average molecular weight is 235 g/mol. The summed E-state index contributed by atoms with van der Waals surface area (Å²) < 4.78 is 5.40. The van der Waals surface area contributed by atoms with Crippen molar-refractivity contribution in [2.24, 2.45) is 0 Å². The van der Waals surface area contributed by atoms with Crippen molar-refractivity contribution in [2.45, 2.75) is 25.6 Å². The van der Waals surface area contributed by atoms with Gasteiger partial charge in [0.05, 0.1) is 12.3 Å². The fourth-order valence-corrected chi connectivity index (χ4v) is 2.11. The van der Waals surface area contributed by atoms with E-state index >= 15 is 0 Å². The summed E-state index contributed by atoms with van der Waals surface area (Å²) in [5.41, 5.74) is 2.35. The third kappa shape index (κ3) is 3.49. The second-order valence-corrected chi connectivity index (χ2v) is 4.62. The second kappa shape index (κ2) is 6.10. The van der Waals surface area contributed by atoms with Crippen molar-refractivity contribution in [2.75, 3.05) is 27.3 Å².